The number of anilines is 1. The quantitative estimate of drug-likeness (QED) is 0.849. The van der Waals surface area contributed by atoms with Gasteiger partial charge in [-0.2, -0.15) is 0 Å². The van der Waals surface area contributed by atoms with E-state index in [0.717, 1.165) is 5.56 Å². The van der Waals surface area contributed by atoms with Crippen molar-refractivity contribution in [3.63, 3.8) is 0 Å². The van der Waals surface area contributed by atoms with Crippen LogP contribution in [0.5, 0.6) is 0 Å². The number of aromatic nitrogens is 1. The van der Waals surface area contributed by atoms with Crippen molar-refractivity contribution < 1.29 is 14.3 Å². The number of carbonyl (C=O) groups is 2. The maximum Gasteiger partial charge on any atom is 0.338 e. The highest BCUT2D eigenvalue weighted by atomic mass is 35.5. The molecule has 0 radical (unpaired) electrons. The molecule has 0 unspecified atom stereocenters. The summed E-state index contributed by atoms with van der Waals surface area (Å²) in [4.78, 5) is 27.8. The average molecular weight is 353 g/mol. The van der Waals surface area contributed by atoms with Gasteiger partial charge in [0.05, 0.1) is 21.3 Å². The van der Waals surface area contributed by atoms with E-state index in [-0.39, 0.29) is 10.8 Å². The van der Waals surface area contributed by atoms with E-state index in [2.05, 4.69) is 10.3 Å². The molecule has 1 aromatic carbocycles. The molecule has 0 saturated heterocycles. The van der Waals surface area contributed by atoms with Gasteiger partial charge in [-0.25, -0.2) is 9.78 Å². The van der Waals surface area contributed by atoms with Gasteiger partial charge in [0.2, 0.25) is 0 Å². The molecule has 0 bridgehead atoms. The summed E-state index contributed by atoms with van der Waals surface area (Å²) in [6.45, 7) is 3.11. The van der Waals surface area contributed by atoms with Crippen molar-refractivity contribution in [2.45, 2.75) is 13.8 Å². The number of carbonyl (C=O) groups excluding carboxylic acids is 2. The number of amides is 1. The van der Waals surface area contributed by atoms with E-state index in [9.17, 15) is 9.59 Å². The van der Waals surface area contributed by atoms with Gasteiger partial charge in [-0.1, -0.05) is 40.9 Å². The Morgan fingerprint density at radius 3 is 2.61 bits per heavy atom. The van der Waals surface area contributed by atoms with Crippen molar-refractivity contribution in [2.24, 2.45) is 0 Å². The number of esters is 1. The number of hydrogen-bond acceptors (Lipinski definition) is 4. The van der Waals surface area contributed by atoms with Crippen molar-refractivity contribution >= 4 is 40.9 Å². The van der Waals surface area contributed by atoms with Crippen LogP contribution in [0.25, 0.3) is 0 Å². The Balaban J connectivity index is 1.95. The van der Waals surface area contributed by atoms with Crippen molar-refractivity contribution in [3.8, 4) is 0 Å². The average Bonchev–Trinajstić information content (AvgIpc) is 2.50. The molecule has 120 valence electrons. The summed E-state index contributed by atoms with van der Waals surface area (Å²) >= 11 is 11.8. The maximum atomic E-state index is 11.9. The standard InChI is InChI=1S/C16H14Cl2N2O3/c1-9-4-3-5-11(6-9)16(22)23-8-14(21)20-15-13(18)7-12(17)10(2)19-15/h3-7H,8H2,1-2H3,(H,19,20,21). The molecule has 0 spiro atoms. The van der Waals surface area contributed by atoms with Gasteiger partial charge >= 0.3 is 5.97 Å². The first-order valence-corrected chi connectivity index (χ1v) is 7.48. The number of nitrogens with one attached hydrogen (secondary N) is 1. The highest BCUT2D eigenvalue weighted by Gasteiger charge is 2.13. The third-order valence-corrected chi connectivity index (χ3v) is 3.62. The van der Waals surface area contributed by atoms with Crippen LogP contribution in [-0.4, -0.2) is 23.5 Å². The van der Waals surface area contributed by atoms with Crippen molar-refractivity contribution in [1.29, 1.82) is 0 Å². The fourth-order valence-electron chi connectivity index (χ4n) is 1.80. The number of benzene rings is 1. The highest BCUT2D eigenvalue weighted by Crippen LogP contribution is 2.25. The lowest BCUT2D eigenvalue weighted by Gasteiger charge is -2.09. The predicted octanol–water partition coefficient (Wildman–Crippen LogP) is 3.80. The second-order valence-electron chi connectivity index (χ2n) is 4.88. The van der Waals surface area contributed by atoms with E-state index in [1.807, 2.05) is 13.0 Å². The Morgan fingerprint density at radius 2 is 1.91 bits per heavy atom. The first kappa shape index (κ1) is 17.2. The molecule has 0 atom stereocenters. The SMILES string of the molecule is Cc1cccc(C(=O)OCC(=O)Nc2nc(C)c(Cl)cc2Cl)c1. The first-order chi connectivity index (χ1) is 10.9. The van der Waals surface area contributed by atoms with E-state index < -0.39 is 18.5 Å². The molecule has 7 heteroatoms. The van der Waals surface area contributed by atoms with E-state index >= 15 is 0 Å². The fraction of sp³-hybridized carbons (Fsp3) is 0.188. The van der Waals surface area contributed by atoms with Gasteiger partial charge in [0.15, 0.2) is 12.4 Å². The van der Waals surface area contributed by atoms with E-state index in [1.54, 1.807) is 25.1 Å². The molecule has 0 aliphatic carbocycles. The topological polar surface area (TPSA) is 68.3 Å². The summed E-state index contributed by atoms with van der Waals surface area (Å²) in [5.41, 5.74) is 1.84. The lowest BCUT2D eigenvalue weighted by atomic mass is 10.1. The van der Waals surface area contributed by atoms with Crippen molar-refractivity contribution in [1.82, 2.24) is 4.98 Å². The van der Waals surface area contributed by atoms with Crippen molar-refractivity contribution in [3.05, 3.63) is 57.2 Å². The third kappa shape index (κ3) is 4.68. The minimum Gasteiger partial charge on any atom is -0.452 e. The van der Waals surface area contributed by atoms with Gasteiger partial charge in [0, 0.05) is 0 Å². The van der Waals surface area contributed by atoms with Crippen LogP contribution in [0, 0.1) is 13.8 Å². The Morgan fingerprint density at radius 1 is 1.17 bits per heavy atom. The Labute approximate surface area is 143 Å². The van der Waals surface area contributed by atoms with Gasteiger partial charge < -0.3 is 10.1 Å². The molecule has 23 heavy (non-hydrogen) atoms. The summed E-state index contributed by atoms with van der Waals surface area (Å²) in [6, 6.07) is 8.39. The minimum absolute atomic E-state index is 0.171. The molecular formula is C16H14Cl2N2O3. The van der Waals surface area contributed by atoms with Crippen LogP contribution < -0.4 is 5.32 Å². The normalized spacial score (nSPS) is 10.3. The molecule has 5 nitrogen and oxygen atoms in total. The van der Waals surface area contributed by atoms with Crippen LogP contribution in [0.1, 0.15) is 21.6 Å². The molecular weight excluding hydrogens is 339 g/mol. The Hall–Kier alpha value is -2.11. The first-order valence-electron chi connectivity index (χ1n) is 6.73. The number of hydrogen-bond donors (Lipinski definition) is 1. The molecule has 0 fully saturated rings. The largest absolute Gasteiger partial charge is 0.452 e. The van der Waals surface area contributed by atoms with Gasteiger partial charge in [0.1, 0.15) is 0 Å². The number of aryl methyl sites for hydroxylation is 2. The van der Waals surface area contributed by atoms with Crippen LogP contribution in [0.4, 0.5) is 5.82 Å². The van der Waals surface area contributed by atoms with Crippen LogP contribution in [0.15, 0.2) is 30.3 Å². The smallest absolute Gasteiger partial charge is 0.338 e. The number of pyridine rings is 1. The predicted molar refractivity (Wildman–Crippen MR) is 89.1 cm³/mol. The molecule has 1 heterocycles. The van der Waals surface area contributed by atoms with Gasteiger partial charge in [-0.15, -0.1) is 0 Å². The molecule has 2 rings (SSSR count). The van der Waals surface area contributed by atoms with Crippen LogP contribution in [-0.2, 0) is 9.53 Å². The fourth-order valence-corrected chi connectivity index (χ4v) is 2.21. The maximum absolute atomic E-state index is 11.9. The van der Waals surface area contributed by atoms with Gasteiger partial charge in [-0.05, 0) is 32.0 Å². The molecule has 2 aromatic rings. The van der Waals surface area contributed by atoms with Crippen molar-refractivity contribution in [2.75, 3.05) is 11.9 Å². The minimum atomic E-state index is -0.574. The zero-order chi connectivity index (χ0) is 17.0. The molecule has 0 saturated carbocycles. The molecule has 0 aliphatic rings. The summed E-state index contributed by atoms with van der Waals surface area (Å²) in [7, 11) is 0. The number of ether oxygens (including phenoxy) is 1. The summed E-state index contributed by atoms with van der Waals surface area (Å²) < 4.78 is 4.96. The zero-order valence-electron chi connectivity index (χ0n) is 12.5. The highest BCUT2D eigenvalue weighted by molar-refractivity contribution is 6.36. The van der Waals surface area contributed by atoms with E-state index in [4.69, 9.17) is 27.9 Å². The van der Waals surface area contributed by atoms with Gasteiger partial charge in [-0.3, -0.25) is 4.79 Å². The van der Waals surface area contributed by atoms with E-state index in [1.165, 1.54) is 6.07 Å². The lowest BCUT2D eigenvalue weighted by Crippen LogP contribution is -2.21. The zero-order valence-corrected chi connectivity index (χ0v) is 14.0. The second kappa shape index (κ2) is 7.44. The molecule has 1 N–H and O–H groups in total. The summed E-state index contributed by atoms with van der Waals surface area (Å²) in [5, 5.41) is 3.09. The summed E-state index contributed by atoms with van der Waals surface area (Å²) in [6.07, 6.45) is 0. The molecule has 1 aromatic heterocycles. The third-order valence-electron chi connectivity index (χ3n) is 2.95. The Kier molecular flexibility index (Phi) is 5.58. The van der Waals surface area contributed by atoms with Crippen LogP contribution in [0.3, 0.4) is 0 Å². The monoisotopic (exact) mass is 352 g/mol. The Bertz CT molecular complexity index is 763. The summed E-state index contributed by atoms with van der Waals surface area (Å²) in [5.74, 6) is -0.942. The van der Waals surface area contributed by atoms with Crippen LogP contribution >= 0.6 is 23.2 Å². The molecule has 0 aliphatic heterocycles. The van der Waals surface area contributed by atoms with Crippen LogP contribution in [0.2, 0.25) is 10.0 Å². The number of rotatable bonds is 4. The van der Waals surface area contributed by atoms with Gasteiger partial charge in [0.25, 0.3) is 5.91 Å². The number of nitrogens with zero attached hydrogens (tertiary/aromatic N) is 1. The molecule has 1 amide bonds. The van der Waals surface area contributed by atoms with E-state index in [0.29, 0.717) is 16.3 Å². The lowest BCUT2D eigenvalue weighted by molar-refractivity contribution is -0.119. The second-order valence-corrected chi connectivity index (χ2v) is 5.69. The number of halogens is 2.